The Morgan fingerprint density at radius 3 is 2.36 bits per heavy atom. The minimum absolute atomic E-state index is 0.0692. The average Bonchev–Trinajstić information content (AvgIpc) is 2.86. The molecule has 198 valence electrons. The normalized spacial score (nSPS) is 15.3. The fourth-order valence-electron chi connectivity index (χ4n) is 4.31. The van der Waals surface area contributed by atoms with Gasteiger partial charge in [-0.05, 0) is 44.7 Å². The van der Waals surface area contributed by atoms with Crippen LogP contribution in [-0.4, -0.2) is 64.7 Å². The predicted molar refractivity (Wildman–Crippen MR) is 136 cm³/mol. The second kappa shape index (κ2) is 14.0. The Labute approximate surface area is 210 Å². The molecule has 0 bridgehead atoms. The second-order valence-corrected chi connectivity index (χ2v) is 8.79. The zero-order valence-electron chi connectivity index (χ0n) is 20.5. The van der Waals surface area contributed by atoms with Crippen molar-refractivity contribution in [2.24, 2.45) is 22.2 Å². The van der Waals surface area contributed by atoms with Crippen LogP contribution in [0, 0.1) is 10.1 Å². The van der Waals surface area contributed by atoms with E-state index in [1.807, 2.05) is 0 Å². The van der Waals surface area contributed by atoms with E-state index < -0.39 is 28.8 Å². The third-order valence-electron chi connectivity index (χ3n) is 6.07. The molecule has 1 aromatic carbocycles. The number of benzene rings is 1. The van der Waals surface area contributed by atoms with Crippen molar-refractivity contribution < 1.29 is 19.3 Å². The molecule has 1 aromatic rings. The number of carbonyl (C=O) groups is 3. The minimum atomic E-state index is -0.879. The van der Waals surface area contributed by atoms with Crippen molar-refractivity contribution in [3.8, 4) is 0 Å². The van der Waals surface area contributed by atoms with Gasteiger partial charge in [-0.3, -0.25) is 29.5 Å². The van der Waals surface area contributed by atoms with Crippen LogP contribution in [0.3, 0.4) is 0 Å². The lowest BCUT2D eigenvalue weighted by atomic mass is 9.91. The number of aliphatic imine (C=N–C) groups is 1. The lowest BCUT2D eigenvalue weighted by molar-refractivity contribution is -0.384. The number of guanidine groups is 1. The van der Waals surface area contributed by atoms with Gasteiger partial charge in [-0.2, -0.15) is 0 Å². The van der Waals surface area contributed by atoms with Gasteiger partial charge in [-0.25, -0.2) is 0 Å². The van der Waals surface area contributed by atoms with E-state index in [1.165, 1.54) is 24.3 Å². The maximum atomic E-state index is 13.6. The van der Waals surface area contributed by atoms with Gasteiger partial charge in [0.05, 0.1) is 11.5 Å². The summed E-state index contributed by atoms with van der Waals surface area (Å²) in [6.07, 6.45) is 5.05. The molecule has 1 aliphatic rings. The van der Waals surface area contributed by atoms with Crippen molar-refractivity contribution in [1.82, 2.24) is 10.2 Å². The summed E-state index contributed by atoms with van der Waals surface area (Å²) in [6.45, 7) is 1.58. The molecule has 1 aliphatic carbocycles. The summed E-state index contributed by atoms with van der Waals surface area (Å²) in [5.41, 5.74) is 16.5. The lowest BCUT2D eigenvalue weighted by Gasteiger charge is -2.40. The third-order valence-corrected chi connectivity index (χ3v) is 6.07. The zero-order valence-corrected chi connectivity index (χ0v) is 20.5. The van der Waals surface area contributed by atoms with E-state index in [0.717, 1.165) is 32.1 Å². The zero-order chi connectivity index (χ0) is 26.7. The molecule has 0 aromatic heterocycles. The first-order chi connectivity index (χ1) is 17.1. The SMILES string of the molecule is C[C@H](NC(=O)CN)C(=O)N(C1CCCCC1)[C@@H](CCCN=C(N)N)C(=O)Nc1ccc([N+](=O)[O-])cc1. The van der Waals surface area contributed by atoms with E-state index in [1.54, 1.807) is 11.8 Å². The van der Waals surface area contributed by atoms with Gasteiger partial charge in [0.15, 0.2) is 5.96 Å². The molecule has 0 radical (unpaired) electrons. The molecule has 3 amide bonds. The van der Waals surface area contributed by atoms with Gasteiger partial charge >= 0.3 is 0 Å². The molecular formula is C23H36N8O5. The summed E-state index contributed by atoms with van der Waals surface area (Å²) in [4.78, 5) is 54.9. The van der Waals surface area contributed by atoms with Gasteiger partial charge in [0.25, 0.3) is 5.69 Å². The number of carbonyl (C=O) groups excluding carboxylic acids is 3. The first kappa shape index (κ1) is 28.5. The van der Waals surface area contributed by atoms with E-state index >= 15 is 0 Å². The number of nitro benzene ring substituents is 1. The van der Waals surface area contributed by atoms with Crippen LogP contribution in [-0.2, 0) is 14.4 Å². The molecule has 13 nitrogen and oxygen atoms in total. The number of nitrogens with zero attached hydrogens (tertiary/aromatic N) is 3. The van der Waals surface area contributed by atoms with E-state index in [2.05, 4.69) is 15.6 Å². The number of nitrogens with one attached hydrogen (secondary N) is 2. The van der Waals surface area contributed by atoms with Crippen molar-refractivity contribution in [1.29, 1.82) is 0 Å². The summed E-state index contributed by atoms with van der Waals surface area (Å²) in [5, 5.41) is 16.3. The number of amides is 3. The number of non-ortho nitro benzene ring substituents is 1. The maximum Gasteiger partial charge on any atom is 0.269 e. The first-order valence-corrected chi connectivity index (χ1v) is 12.1. The molecule has 13 heteroatoms. The quantitative estimate of drug-likeness (QED) is 0.0890. The molecule has 0 aliphatic heterocycles. The summed E-state index contributed by atoms with van der Waals surface area (Å²) in [6, 6.07) is 3.51. The van der Waals surface area contributed by atoms with Crippen LogP contribution in [0.1, 0.15) is 51.9 Å². The Morgan fingerprint density at radius 1 is 1.17 bits per heavy atom. The topological polar surface area (TPSA) is 212 Å². The number of rotatable bonds is 12. The highest BCUT2D eigenvalue weighted by Gasteiger charge is 2.37. The van der Waals surface area contributed by atoms with Crippen molar-refractivity contribution in [3.05, 3.63) is 34.4 Å². The fourth-order valence-corrected chi connectivity index (χ4v) is 4.31. The van der Waals surface area contributed by atoms with Gasteiger partial charge in [-0.15, -0.1) is 0 Å². The monoisotopic (exact) mass is 504 g/mol. The highest BCUT2D eigenvalue weighted by Crippen LogP contribution is 2.27. The molecule has 1 saturated carbocycles. The average molecular weight is 505 g/mol. The van der Waals surface area contributed by atoms with E-state index in [4.69, 9.17) is 17.2 Å². The van der Waals surface area contributed by atoms with E-state index in [-0.39, 0.29) is 43.1 Å². The van der Waals surface area contributed by atoms with Gasteiger partial charge < -0.3 is 32.7 Å². The Balaban J connectivity index is 2.34. The molecular weight excluding hydrogens is 468 g/mol. The third kappa shape index (κ3) is 8.48. The van der Waals surface area contributed by atoms with Crippen molar-refractivity contribution >= 4 is 35.1 Å². The van der Waals surface area contributed by atoms with Crippen LogP contribution < -0.4 is 27.8 Å². The van der Waals surface area contributed by atoms with Crippen LogP contribution in [0.25, 0.3) is 0 Å². The minimum Gasteiger partial charge on any atom is -0.370 e. The summed E-state index contributed by atoms with van der Waals surface area (Å²) >= 11 is 0. The number of nitro groups is 1. The number of hydrogen-bond donors (Lipinski definition) is 5. The van der Waals surface area contributed by atoms with Crippen molar-refractivity contribution in [2.75, 3.05) is 18.4 Å². The molecule has 0 spiro atoms. The molecule has 0 saturated heterocycles. The molecule has 1 fully saturated rings. The maximum absolute atomic E-state index is 13.6. The van der Waals surface area contributed by atoms with Gasteiger partial charge in [0.2, 0.25) is 17.7 Å². The Bertz CT molecular complexity index is 942. The summed E-state index contributed by atoms with van der Waals surface area (Å²) in [5.74, 6) is -1.36. The number of hydrogen-bond acceptors (Lipinski definition) is 7. The smallest absolute Gasteiger partial charge is 0.269 e. The highest BCUT2D eigenvalue weighted by atomic mass is 16.6. The van der Waals surface area contributed by atoms with Gasteiger partial charge in [-0.1, -0.05) is 19.3 Å². The van der Waals surface area contributed by atoms with Crippen LogP contribution in [0.4, 0.5) is 11.4 Å². The molecule has 8 N–H and O–H groups in total. The summed E-state index contributed by atoms with van der Waals surface area (Å²) < 4.78 is 0. The first-order valence-electron chi connectivity index (χ1n) is 12.1. The Morgan fingerprint density at radius 2 is 1.81 bits per heavy atom. The molecule has 2 atom stereocenters. The molecule has 2 rings (SSSR count). The fraction of sp³-hybridized carbons (Fsp3) is 0.565. The second-order valence-electron chi connectivity index (χ2n) is 8.79. The lowest BCUT2D eigenvalue weighted by Crippen LogP contribution is -2.58. The van der Waals surface area contributed by atoms with Crippen LogP contribution in [0.5, 0.6) is 0 Å². The predicted octanol–water partition coefficient (Wildman–Crippen LogP) is 0.580. The Hall–Kier alpha value is -3.74. The largest absolute Gasteiger partial charge is 0.370 e. The van der Waals surface area contributed by atoms with E-state index in [0.29, 0.717) is 12.1 Å². The molecule has 0 heterocycles. The summed E-state index contributed by atoms with van der Waals surface area (Å²) in [7, 11) is 0. The van der Waals surface area contributed by atoms with E-state index in [9.17, 15) is 24.5 Å². The number of nitrogens with two attached hydrogens (primary N) is 3. The Kier molecular flexibility index (Phi) is 11.1. The molecule has 36 heavy (non-hydrogen) atoms. The van der Waals surface area contributed by atoms with Gasteiger partial charge in [0, 0.05) is 30.4 Å². The van der Waals surface area contributed by atoms with Gasteiger partial charge in [0.1, 0.15) is 12.1 Å². The number of anilines is 1. The van der Waals surface area contributed by atoms with Crippen LogP contribution >= 0.6 is 0 Å². The highest BCUT2D eigenvalue weighted by molar-refractivity contribution is 5.98. The van der Waals surface area contributed by atoms with Crippen molar-refractivity contribution in [2.45, 2.75) is 70.0 Å². The molecule has 0 unspecified atom stereocenters. The van der Waals surface area contributed by atoms with Crippen LogP contribution in [0.2, 0.25) is 0 Å². The van der Waals surface area contributed by atoms with Crippen LogP contribution in [0.15, 0.2) is 29.3 Å². The standard InChI is InChI=1S/C23H36N8O5/c1-15(28-20(32)14-24)22(34)30(17-6-3-2-4-7-17)19(8-5-13-27-23(25)26)21(33)29-16-9-11-18(12-10-16)31(35)36/h9-12,15,17,19H,2-8,13-14,24H2,1H3,(H,28,32)(H,29,33)(H4,25,26,27)/t15-,19-/m0/s1. The van der Waals surface area contributed by atoms with Crippen molar-refractivity contribution in [3.63, 3.8) is 0 Å².